The topological polar surface area (TPSA) is 56.9 Å². The predicted molar refractivity (Wildman–Crippen MR) is 157 cm³/mol. The molecule has 0 saturated heterocycles. The lowest BCUT2D eigenvalue weighted by molar-refractivity contribution is -0.0815. The first-order valence-corrected chi connectivity index (χ1v) is 14.0. The van der Waals surface area contributed by atoms with E-state index in [-0.39, 0.29) is 28.0 Å². The highest BCUT2D eigenvalue weighted by Crippen LogP contribution is 2.74. The highest BCUT2D eigenvalue weighted by Gasteiger charge is 2.70. The van der Waals surface area contributed by atoms with Gasteiger partial charge in [0.05, 0.1) is 0 Å². The van der Waals surface area contributed by atoms with Gasteiger partial charge in [-0.25, -0.2) is 0 Å². The van der Waals surface area contributed by atoms with Crippen molar-refractivity contribution in [2.24, 2.45) is 5.41 Å². The maximum absolute atomic E-state index is 9.53. The standard InChI is InChI=1S/C36H34N2O/c37-31(27-13-5-1-6-14-27)39-32(38)36-24-33(28-15-7-2-8-16-28)21-34(25-36,29-17-9-3-10-18-29)23-35(22-33,26-36)30-19-11-4-12-20-30/h1-20,37-38H,21-26H2. The van der Waals surface area contributed by atoms with Gasteiger partial charge >= 0.3 is 0 Å². The minimum Gasteiger partial charge on any atom is -0.425 e. The van der Waals surface area contributed by atoms with Gasteiger partial charge in [0.1, 0.15) is 0 Å². The van der Waals surface area contributed by atoms with Crippen LogP contribution in [0.3, 0.4) is 0 Å². The highest BCUT2D eigenvalue weighted by atomic mass is 16.5. The molecule has 0 unspecified atom stereocenters. The molecule has 0 atom stereocenters. The van der Waals surface area contributed by atoms with Crippen LogP contribution in [0.5, 0.6) is 0 Å². The number of benzene rings is 4. The van der Waals surface area contributed by atoms with Gasteiger partial charge in [-0.15, -0.1) is 0 Å². The normalized spacial score (nSPS) is 30.6. The molecule has 0 aromatic heterocycles. The zero-order chi connectivity index (χ0) is 26.6. The van der Waals surface area contributed by atoms with Crippen LogP contribution in [0.1, 0.15) is 60.8 Å². The molecule has 4 aliphatic rings. The molecule has 4 aromatic carbocycles. The van der Waals surface area contributed by atoms with E-state index in [1.165, 1.54) is 16.7 Å². The molecule has 0 amide bonds. The average Bonchev–Trinajstić information content (AvgIpc) is 2.98. The molecule has 8 rings (SSSR count). The Labute approximate surface area is 230 Å². The van der Waals surface area contributed by atoms with Crippen LogP contribution in [-0.4, -0.2) is 11.8 Å². The maximum Gasteiger partial charge on any atom is 0.220 e. The van der Waals surface area contributed by atoms with Gasteiger partial charge in [-0.3, -0.25) is 10.8 Å². The van der Waals surface area contributed by atoms with Crippen LogP contribution in [-0.2, 0) is 21.0 Å². The Bertz CT molecular complexity index is 1370. The summed E-state index contributed by atoms with van der Waals surface area (Å²) < 4.78 is 6.23. The monoisotopic (exact) mass is 510 g/mol. The minimum absolute atomic E-state index is 0.0626. The summed E-state index contributed by atoms with van der Waals surface area (Å²) in [5, 5.41) is 18.3. The number of rotatable bonds is 5. The van der Waals surface area contributed by atoms with Crippen LogP contribution >= 0.6 is 0 Å². The van der Waals surface area contributed by atoms with Crippen molar-refractivity contribution in [3.63, 3.8) is 0 Å². The average molecular weight is 511 g/mol. The summed E-state index contributed by atoms with van der Waals surface area (Å²) in [7, 11) is 0. The number of hydrogen-bond donors (Lipinski definition) is 2. The highest BCUT2D eigenvalue weighted by molar-refractivity contribution is 6.01. The Morgan fingerprint density at radius 3 is 1.15 bits per heavy atom. The molecule has 4 fully saturated rings. The number of nitrogens with one attached hydrogen (secondary N) is 2. The van der Waals surface area contributed by atoms with E-state index in [0.717, 1.165) is 38.5 Å². The first kappa shape index (κ1) is 24.1. The van der Waals surface area contributed by atoms with E-state index in [2.05, 4.69) is 91.0 Å². The van der Waals surface area contributed by atoms with Crippen LogP contribution in [0.4, 0.5) is 0 Å². The van der Waals surface area contributed by atoms with Crippen LogP contribution < -0.4 is 0 Å². The molecular formula is C36H34N2O. The van der Waals surface area contributed by atoms with Crippen molar-refractivity contribution >= 4 is 11.8 Å². The molecule has 4 bridgehead atoms. The van der Waals surface area contributed by atoms with Gasteiger partial charge in [0.25, 0.3) is 0 Å². The summed E-state index contributed by atoms with van der Waals surface area (Å²) in [6.45, 7) is 0. The zero-order valence-corrected chi connectivity index (χ0v) is 22.2. The fourth-order valence-corrected chi connectivity index (χ4v) is 9.03. The largest absolute Gasteiger partial charge is 0.425 e. The second-order valence-corrected chi connectivity index (χ2v) is 12.4. The van der Waals surface area contributed by atoms with Gasteiger partial charge in [-0.05, 0) is 83.6 Å². The van der Waals surface area contributed by atoms with Gasteiger partial charge in [0.15, 0.2) is 5.90 Å². The molecule has 0 radical (unpaired) electrons. The summed E-state index contributed by atoms with van der Waals surface area (Å²) >= 11 is 0. The SMILES string of the molecule is N=C(OC(=N)C12CC3(c4ccccc4)CC(c4ccccc4)(C1)CC(c1ccccc1)(C2)C3)c1ccccc1. The molecule has 39 heavy (non-hydrogen) atoms. The summed E-state index contributed by atoms with van der Waals surface area (Å²) in [6, 6.07) is 42.6. The van der Waals surface area contributed by atoms with E-state index in [4.69, 9.17) is 10.1 Å². The third-order valence-electron chi connectivity index (χ3n) is 9.94. The maximum atomic E-state index is 9.53. The molecule has 4 aromatic rings. The smallest absolute Gasteiger partial charge is 0.220 e. The lowest BCUT2D eigenvalue weighted by Crippen LogP contribution is -2.67. The van der Waals surface area contributed by atoms with Crippen LogP contribution in [0.2, 0.25) is 0 Å². The first-order chi connectivity index (χ1) is 19.0. The van der Waals surface area contributed by atoms with E-state index in [0.29, 0.717) is 5.56 Å². The summed E-state index contributed by atoms with van der Waals surface area (Å²) in [6.07, 6.45) is 5.88. The Kier molecular flexibility index (Phi) is 5.42. The van der Waals surface area contributed by atoms with Gasteiger partial charge in [-0.2, -0.15) is 0 Å². The fourth-order valence-electron chi connectivity index (χ4n) is 9.03. The van der Waals surface area contributed by atoms with Gasteiger partial charge < -0.3 is 4.74 Å². The van der Waals surface area contributed by atoms with E-state index < -0.39 is 5.41 Å². The third-order valence-corrected chi connectivity index (χ3v) is 9.94. The lowest BCUT2D eigenvalue weighted by atomic mass is 9.32. The van der Waals surface area contributed by atoms with E-state index in [1.807, 2.05) is 30.3 Å². The molecule has 4 aliphatic carbocycles. The molecular weight excluding hydrogens is 476 g/mol. The molecule has 3 heteroatoms. The summed E-state index contributed by atoms with van der Waals surface area (Å²) in [4.78, 5) is 0. The van der Waals surface area contributed by atoms with Crippen molar-refractivity contribution in [1.82, 2.24) is 0 Å². The number of hydrogen-bond acceptors (Lipinski definition) is 3. The molecule has 194 valence electrons. The van der Waals surface area contributed by atoms with Crippen LogP contribution in [0.15, 0.2) is 121 Å². The van der Waals surface area contributed by atoms with E-state index in [1.54, 1.807) is 0 Å². The van der Waals surface area contributed by atoms with Crippen molar-refractivity contribution in [2.45, 2.75) is 54.8 Å². The van der Waals surface area contributed by atoms with Crippen molar-refractivity contribution in [1.29, 1.82) is 10.8 Å². The molecule has 4 saturated carbocycles. The molecule has 0 heterocycles. The van der Waals surface area contributed by atoms with Crippen molar-refractivity contribution in [3.05, 3.63) is 144 Å². The second kappa shape index (κ2) is 8.77. The zero-order valence-electron chi connectivity index (χ0n) is 22.2. The van der Waals surface area contributed by atoms with Crippen LogP contribution in [0.25, 0.3) is 0 Å². The van der Waals surface area contributed by atoms with Crippen LogP contribution in [0, 0.1) is 16.2 Å². The quantitative estimate of drug-likeness (QED) is 0.206. The molecule has 2 N–H and O–H groups in total. The Hall–Kier alpha value is -3.98. The summed E-state index contributed by atoms with van der Waals surface area (Å²) in [5.74, 6) is 0.323. The van der Waals surface area contributed by atoms with Crippen molar-refractivity contribution < 1.29 is 4.74 Å². The third kappa shape index (κ3) is 3.78. The van der Waals surface area contributed by atoms with Crippen molar-refractivity contribution in [2.75, 3.05) is 0 Å². The number of ether oxygens (including phenoxy) is 1. The fraction of sp³-hybridized carbons (Fsp3) is 0.278. The second-order valence-electron chi connectivity index (χ2n) is 12.4. The van der Waals surface area contributed by atoms with Crippen molar-refractivity contribution in [3.8, 4) is 0 Å². The Morgan fingerprint density at radius 2 is 0.795 bits per heavy atom. The molecule has 3 nitrogen and oxygen atoms in total. The minimum atomic E-state index is -0.461. The van der Waals surface area contributed by atoms with Gasteiger partial charge in [0.2, 0.25) is 5.90 Å². The molecule has 0 aliphatic heterocycles. The van der Waals surface area contributed by atoms with Gasteiger partial charge in [0, 0.05) is 11.0 Å². The Morgan fingerprint density at radius 1 is 0.462 bits per heavy atom. The predicted octanol–water partition coefficient (Wildman–Crippen LogP) is 8.19. The Balaban J connectivity index is 1.41. The van der Waals surface area contributed by atoms with Gasteiger partial charge in [-0.1, -0.05) is 109 Å². The molecule has 0 spiro atoms. The summed E-state index contributed by atoms with van der Waals surface area (Å²) in [5.41, 5.74) is 4.14. The van der Waals surface area contributed by atoms with E-state index in [9.17, 15) is 5.41 Å². The lowest BCUT2D eigenvalue weighted by Gasteiger charge is -2.70. The first-order valence-electron chi connectivity index (χ1n) is 14.0. The van der Waals surface area contributed by atoms with E-state index >= 15 is 0 Å².